The van der Waals surface area contributed by atoms with Crippen molar-refractivity contribution in [3.05, 3.63) is 77.9 Å². The van der Waals surface area contributed by atoms with Crippen LogP contribution in [0.4, 0.5) is 5.82 Å². The quantitative estimate of drug-likeness (QED) is 0.461. The number of thiazole rings is 1. The number of nitrogens with one attached hydrogen (secondary N) is 1. The molecule has 1 saturated heterocycles. The zero-order valence-electron chi connectivity index (χ0n) is 18.1. The number of pyridine rings is 1. The molecule has 166 valence electrons. The lowest BCUT2D eigenvalue weighted by atomic mass is 9.89. The van der Waals surface area contributed by atoms with Gasteiger partial charge in [-0.25, -0.2) is 15.0 Å². The molecule has 1 amide bonds. The van der Waals surface area contributed by atoms with Crippen LogP contribution in [-0.2, 0) is 4.79 Å². The minimum atomic E-state index is -0.0797. The molecular formula is C25H24N6OS. The third-order valence-corrected chi connectivity index (χ3v) is 6.56. The number of rotatable bonds is 6. The SMILES string of the molecule is O=C(CN1CCC(c2ccccc2)CC1)Nc1cc(-c2nccs2)nc(-c2ccccn2)n1. The fourth-order valence-corrected chi connectivity index (χ4v) is 4.71. The molecule has 8 heteroatoms. The Morgan fingerprint density at radius 1 is 0.970 bits per heavy atom. The summed E-state index contributed by atoms with van der Waals surface area (Å²) in [6.45, 7) is 2.15. The van der Waals surface area contributed by atoms with E-state index in [4.69, 9.17) is 0 Å². The molecule has 0 spiro atoms. The van der Waals surface area contributed by atoms with Crippen LogP contribution in [0, 0.1) is 0 Å². The highest BCUT2D eigenvalue weighted by Crippen LogP contribution is 2.28. The predicted octanol–water partition coefficient (Wildman–Crippen LogP) is 4.48. The molecule has 0 bridgehead atoms. The van der Waals surface area contributed by atoms with Gasteiger partial charge in [0, 0.05) is 23.8 Å². The summed E-state index contributed by atoms with van der Waals surface area (Å²) in [6.07, 6.45) is 5.55. The lowest BCUT2D eigenvalue weighted by molar-refractivity contribution is -0.117. The molecule has 7 nitrogen and oxygen atoms in total. The number of likely N-dealkylation sites (tertiary alicyclic amines) is 1. The van der Waals surface area contributed by atoms with E-state index in [0.717, 1.165) is 30.9 Å². The second-order valence-electron chi connectivity index (χ2n) is 8.02. The average Bonchev–Trinajstić information content (AvgIpc) is 3.41. The summed E-state index contributed by atoms with van der Waals surface area (Å²) in [7, 11) is 0. The minimum Gasteiger partial charge on any atom is -0.309 e. The number of nitrogens with zero attached hydrogens (tertiary/aromatic N) is 5. The van der Waals surface area contributed by atoms with E-state index >= 15 is 0 Å². The first-order chi connectivity index (χ1) is 16.2. The number of anilines is 1. The number of amides is 1. The second-order valence-corrected chi connectivity index (χ2v) is 8.92. The van der Waals surface area contributed by atoms with Crippen LogP contribution < -0.4 is 5.32 Å². The first-order valence-electron chi connectivity index (χ1n) is 11.0. The zero-order valence-corrected chi connectivity index (χ0v) is 18.9. The molecule has 1 aliphatic rings. The van der Waals surface area contributed by atoms with Crippen molar-refractivity contribution in [3.8, 4) is 22.2 Å². The monoisotopic (exact) mass is 456 g/mol. The molecule has 1 N–H and O–H groups in total. The van der Waals surface area contributed by atoms with Crippen molar-refractivity contribution in [3.63, 3.8) is 0 Å². The highest BCUT2D eigenvalue weighted by atomic mass is 32.1. The van der Waals surface area contributed by atoms with Crippen molar-refractivity contribution in [2.24, 2.45) is 0 Å². The van der Waals surface area contributed by atoms with Crippen LogP contribution >= 0.6 is 11.3 Å². The van der Waals surface area contributed by atoms with Crippen LogP contribution in [0.3, 0.4) is 0 Å². The van der Waals surface area contributed by atoms with Gasteiger partial charge in [-0.2, -0.15) is 0 Å². The van der Waals surface area contributed by atoms with Crippen molar-refractivity contribution in [2.75, 3.05) is 25.0 Å². The van der Waals surface area contributed by atoms with Crippen molar-refractivity contribution in [1.29, 1.82) is 0 Å². The smallest absolute Gasteiger partial charge is 0.239 e. The second kappa shape index (κ2) is 9.97. The van der Waals surface area contributed by atoms with E-state index < -0.39 is 0 Å². The first kappa shape index (κ1) is 21.4. The summed E-state index contributed by atoms with van der Waals surface area (Å²) >= 11 is 1.49. The zero-order chi connectivity index (χ0) is 22.5. The standard InChI is InChI=1S/C25H24N6OS/c32-23(17-31-13-9-19(10-14-31)18-6-2-1-3-7-18)29-22-16-21(25-27-12-15-33-25)28-24(30-22)20-8-4-5-11-26-20/h1-8,11-12,15-16,19H,9-10,13-14,17H2,(H,28,29,30,32). The van der Waals surface area contributed by atoms with Gasteiger partial charge in [0.2, 0.25) is 5.91 Å². The van der Waals surface area contributed by atoms with Gasteiger partial charge >= 0.3 is 0 Å². The predicted molar refractivity (Wildman–Crippen MR) is 130 cm³/mol. The van der Waals surface area contributed by atoms with Gasteiger partial charge in [0.1, 0.15) is 22.2 Å². The summed E-state index contributed by atoms with van der Waals surface area (Å²) in [4.78, 5) is 32.9. The van der Waals surface area contributed by atoms with E-state index in [-0.39, 0.29) is 5.91 Å². The fraction of sp³-hybridized carbons (Fsp3) is 0.240. The number of hydrogen-bond acceptors (Lipinski definition) is 7. The molecule has 3 aromatic heterocycles. The van der Waals surface area contributed by atoms with E-state index in [1.165, 1.54) is 16.9 Å². The van der Waals surface area contributed by atoms with E-state index in [1.54, 1.807) is 18.5 Å². The first-order valence-corrected chi connectivity index (χ1v) is 11.9. The molecule has 4 heterocycles. The Kier molecular flexibility index (Phi) is 6.46. The third-order valence-electron chi connectivity index (χ3n) is 5.76. The number of piperidine rings is 1. The Balaban J connectivity index is 1.27. The van der Waals surface area contributed by atoms with Crippen LogP contribution in [0.15, 0.2) is 72.4 Å². The normalized spacial score (nSPS) is 14.8. The van der Waals surface area contributed by atoms with Gasteiger partial charge in [-0.15, -0.1) is 11.3 Å². The molecule has 1 aliphatic heterocycles. The van der Waals surface area contributed by atoms with Gasteiger partial charge in [-0.3, -0.25) is 14.7 Å². The highest BCUT2D eigenvalue weighted by molar-refractivity contribution is 7.13. The highest BCUT2D eigenvalue weighted by Gasteiger charge is 2.22. The molecule has 0 unspecified atom stereocenters. The summed E-state index contributed by atoms with van der Waals surface area (Å²) in [5.41, 5.74) is 2.70. The van der Waals surface area contributed by atoms with E-state index in [0.29, 0.717) is 35.5 Å². The molecule has 4 aromatic rings. The van der Waals surface area contributed by atoms with Gasteiger partial charge in [-0.05, 0) is 49.5 Å². The molecule has 5 rings (SSSR count). The third kappa shape index (κ3) is 5.30. The molecule has 1 aromatic carbocycles. The maximum Gasteiger partial charge on any atom is 0.239 e. The van der Waals surface area contributed by atoms with Gasteiger partial charge in [0.15, 0.2) is 5.82 Å². The number of carbonyl (C=O) groups excluding carboxylic acids is 1. The Hall–Kier alpha value is -3.49. The maximum atomic E-state index is 12.8. The lowest BCUT2D eigenvalue weighted by Gasteiger charge is -2.31. The molecule has 33 heavy (non-hydrogen) atoms. The summed E-state index contributed by atoms with van der Waals surface area (Å²) in [5.74, 6) is 1.40. The summed E-state index contributed by atoms with van der Waals surface area (Å²) < 4.78 is 0. The van der Waals surface area contributed by atoms with Crippen LogP contribution in [-0.4, -0.2) is 50.4 Å². The van der Waals surface area contributed by atoms with Crippen LogP contribution in [0.5, 0.6) is 0 Å². The maximum absolute atomic E-state index is 12.8. The molecule has 0 saturated carbocycles. The number of carbonyl (C=O) groups is 1. The Morgan fingerprint density at radius 3 is 2.52 bits per heavy atom. The number of benzene rings is 1. The average molecular weight is 457 g/mol. The van der Waals surface area contributed by atoms with Gasteiger partial charge < -0.3 is 5.32 Å². The largest absolute Gasteiger partial charge is 0.309 e. The molecule has 0 aliphatic carbocycles. The van der Waals surface area contributed by atoms with Crippen LogP contribution in [0.25, 0.3) is 22.2 Å². The Labute approximate surface area is 196 Å². The summed E-state index contributed by atoms with van der Waals surface area (Å²) in [5, 5.41) is 5.63. The summed E-state index contributed by atoms with van der Waals surface area (Å²) in [6, 6.07) is 18.0. The molecule has 0 atom stereocenters. The van der Waals surface area contributed by atoms with Gasteiger partial charge in [0.05, 0.1) is 6.54 Å². The van der Waals surface area contributed by atoms with E-state index in [9.17, 15) is 4.79 Å². The topological polar surface area (TPSA) is 83.9 Å². The Bertz CT molecular complexity index is 1190. The number of aromatic nitrogens is 4. The Morgan fingerprint density at radius 2 is 1.79 bits per heavy atom. The van der Waals surface area contributed by atoms with Crippen molar-refractivity contribution in [2.45, 2.75) is 18.8 Å². The molecular weight excluding hydrogens is 432 g/mol. The van der Waals surface area contributed by atoms with E-state index in [1.807, 2.05) is 23.6 Å². The van der Waals surface area contributed by atoms with Gasteiger partial charge in [-0.1, -0.05) is 36.4 Å². The number of hydrogen-bond donors (Lipinski definition) is 1. The van der Waals surface area contributed by atoms with Gasteiger partial charge in [0.25, 0.3) is 0 Å². The fourth-order valence-electron chi connectivity index (χ4n) is 4.12. The van der Waals surface area contributed by atoms with Crippen molar-refractivity contribution < 1.29 is 4.79 Å². The molecule has 1 fully saturated rings. The van der Waals surface area contributed by atoms with E-state index in [2.05, 4.69) is 60.5 Å². The van der Waals surface area contributed by atoms with Crippen molar-refractivity contribution in [1.82, 2.24) is 24.8 Å². The lowest BCUT2D eigenvalue weighted by Crippen LogP contribution is -2.38. The van der Waals surface area contributed by atoms with Crippen molar-refractivity contribution >= 4 is 23.1 Å². The van der Waals surface area contributed by atoms with Crippen LogP contribution in [0.2, 0.25) is 0 Å². The minimum absolute atomic E-state index is 0.0797. The van der Waals surface area contributed by atoms with Crippen LogP contribution in [0.1, 0.15) is 24.3 Å². The molecule has 0 radical (unpaired) electrons.